The number of fused-ring (bicyclic) bond motifs is 6. The summed E-state index contributed by atoms with van der Waals surface area (Å²) in [5, 5.41) is 3.98. The Hall–Kier alpha value is -6.53. The van der Waals surface area contributed by atoms with Crippen LogP contribution in [0.25, 0.3) is 100 Å². The molecule has 254 valence electrons. The molecule has 0 saturated carbocycles. The monoisotopic (exact) mass is 701 g/mol. The molecule has 0 amide bonds. The number of para-hydroxylation sites is 1. The number of furan rings is 2. The Morgan fingerprint density at radius 2 is 0.836 bits per heavy atom. The van der Waals surface area contributed by atoms with Crippen molar-refractivity contribution < 1.29 is 8.83 Å². The van der Waals surface area contributed by atoms with Crippen molar-refractivity contribution in [1.29, 1.82) is 0 Å². The van der Waals surface area contributed by atoms with Gasteiger partial charge >= 0.3 is 0 Å². The highest BCUT2D eigenvalue weighted by Gasteiger charge is 2.21. The van der Waals surface area contributed by atoms with Crippen molar-refractivity contribution >= 4 is 110 Å². The molecule has 0 unspecified atom stereocenters. The molecule has 0 saturated heterocycles. The zero-order valence-corrected chi connectivity index (χ0v) is 31.4. The standard InChI is InChI=1S/C45H32B5N3O2/c46-38-35(39(47)41(49)42(50)40(38)48)24-18-16-23(17-19-24)26-20-21-32-30(22-26)37-29(12-7-15-34(37)55-32)45-52-43(25-8-2-1-3-9-25)51-44(53-45)28-11-6-14-33-36(28)27-10-4-5-13-31(27)54-33/h1-22H,46-50H2. The summed E-state index contributed by atoms with van der Waals surface area (Å²) in [5.74, 6) is 1.75. The quantitative estimate of drug-likeness (QED) is 0.258. The Morgan fingerprint density at radius 3 is 1.49 bits per heavy atom. The predicted molar refractivity (Wildman–Crippen MR) is 242 cm³/mol. The Balaban J connectivity index is 1.14. The van der Waals surface area contributed by atoms with Crippen LogP contribution >= 0.6 is 0 Å². The van der Waals surface area contributed by atoms with Crippen LogP contribution in [-0.4, -0.2) is 54.2 Å². The number of benzene rings is 7. The molecule has 0 radical (unpaired) electrons. The van der Waals surface area contributed by atoms with Crippen molar-refractivity contribution in [3.05, 3.63) is 133 Å². The minimum atomic E-state index is 0.575. The SMILES string of the molecule is Bc1c(B)c(B)c(-c2ccc(-c3ccc4oc5cccc(-c6nc(-c7ccccc7)nc(-c7cccc8oc9ccccc9c78)n6)c5c4c3)cc2)c(B)c1B. The van der Waals surface area contributed by atoms with Gasteiger partial charge in [0.25, 0.3) is 0 Å². The molecule has 7 aromatic carbocycles. The van der Waals surface area contributed by atoms with Gasteiger partial charge in [-0.2, -0.15) is 0 Å². The van der Waals surface area contributed by atoms with Gasteiger partial charge in [0.2, 0.25) is 0 Å². The van der Waals surface area contributed by atoms with E-state index in [1.165, 1.54) is 38.4 Å². The number of nitrogens with zero attached hydrogens (tertiary/aromatic N) is 3. The summed E-state index contributed by atoms with van der Waals surface area (Å²) in [4.78, 5) is 15.4. The van der Waals surface area contributed by atoms with Crippen molar-refractivity contribution in [3.63, 3.8) is 0 Å². The third kappa shape index (κ3) is 5.35. The molecule has 0 bridgehead atoms. The molecule has 10 aromatic rings. The highest BCUT2D eigenvalue weighted by molar-refractivity contribution is 6.68. The largest absolute Gasteiger partial charge is 0.456 e. The molecular weight excluding hydrogens is 669 g/mol. The van der Waals surface area contributed by atoms with E-state index < -0.39 is 0 Å². The van der Waals surface area contributed by atoms with E-state index in [2.05, 4.69) is 99.9 Å². The van der Waals surface area contributed by atoms with Crippen LogP contribution < -0.4 is 27.3 Å². The van der Waals surface area contributed by atoms with Crippen molar-refractivity contribution in [1.82, 2.24) is 15.0 Å². The number of aromatic nitrogens is 3. The first-order valence-corrected chi connectivity index (χ1v) is 18.7. The average Bonchev–Trinajstić information content (AvgIpc) is 3.81. The molecule has 3 aromatic heterocycles. The second kappa shape index (κ2) is 12.8. The number of hydrogen-bond donors (Lipinski definition) is 0. The van der Waals surface area contributed by atoms with Crippen molar-refractivity contribution in [2.75, 3.05) is 0 Å². The first-order valence-electron chi connectivity index (χ1n) is 18.7. The predicted octanol–water partition coefficient (Wildman–Crippen LogP) is 3.30. The van der Waals surface area contributed by atoms with Gasteiger partial charge in [0.15, 0.2) is 17.5 Å². The van der Waals surface area contributed by atoms with Crippen LogP contribution in [0.5, 0.6) is 0 Å². The maximum atomic E-state index is 6.48. The third-order valence-electron chi connectivity index (χ3n) is 11.6. The van der Waals surface area contributed by atoms with Gasteiger partial charge in [-0.15, -0.1) is 16.4 Å². The molecule has 0 aliphatic carbocycles. The summed E-state index contributed by atoms with van der Waals surface area (Å²) in [6.07, 6.45) is 0. The van der Waals surface area contributed by atoms with E-state index in [1.54, 1.807) is 0 Å². The van der Waals surface area contributed by atoms with Gasteiger partial charge in [-0.3, -0.25) is 0 Å². The average molecular weight is 701 g/mol. The lowest BCUT2D eigenvalue weighted by atomic mass is 9.59. The van der Waals surface area contributed by atoms with Crippen molar-refractivity contribution in [3.8, 4) is 56.4 Å². The molecule has 0 N–H and O–H groups in total. The van der Waals surface area contributed by atoms with Crippen LogP contribution in [0.1, 0.15) is 0 Å². The van der Waals surface area contributed by atoms with Crippen molar-refractivity contribution in [2.45, 2.75) is 0 Å². The number of rotatable bonds is 5. The minimum absolute atomic E-state index is 0.575. The van der Waals surface area contributed by atoms with Crippen LogP contribution in [0.15, 0.2) is 142 Å². The summed E-state index contributed by atoms with van der Waals surface area (Å²) in [5.41, 5.74) is 17.5. The molecule has 10 rings (SSSR count). The van der Waals surface area contributed by atoms with Crippen LogP contribution in [0.2, 0.25) is 0 Å². The van der Waals surface area contributed by atoms with Crippen LogP contribution in [-0.2, 0) is 0 Å². The second-order valence-electron chi connectivity index (χ2n) is 14.5. The lowest BCUT2D eigenvalue weighted by Crippen LogP contribution is -2.55. The third-order valence-corrected chi connectivity index (χ3v) is 11.6. The molecule has 3 heterocycles. The summed E-state index contributed by atoms with van der Waals surface area (Å²) < 4.78 is 12.7. The molecule has 0 spiro atoms. The molecule has 55 heavy (non-hydrogen) atoms. The first kappa shape index (κ1) is 33.1. The lowest BCUT2D eigenvalue weighted by Gasteiger charge is -2.20. The normalized spacial score (nSPS) is 11.6. The molecule has 0 aliphatic rings. The maximum absolute atomic E-state index is 6.48. The van der Waals surface area contributed by atoms with E-state index in [1.807, 2.05) is 72.8 Å². The highest BCUT2D eigenvalue weighted by atomic mass is 16.3. The fourth-order valence-corrected chi connectivity index (χ4v) is 8.25. The fourth-order valence-electron chi connectivity index (χ4n) is 8.25. The van der Waals surface area contributed by atoms with Crippen LogP contribution in [0.4, 0.5) is 0 Å². The van der Waals surface area contributed by atoms with E-state index in [9.17, 15) is 0 Å². The molecule has 0 atom stereocenters. The smallest absolute Gasteiger partial charge is 0.164 e. The van der Waals surface area contributed by atoms with Gasteiger partial charge in [-0.25, -0.2) is 15.0 Å². The zero-order chi connectivity index (χ0) is 37.4. The Bertz CT molecular complexity index is 3130. The second-order valence-corrected chi connectivity index (χ2v) is 14.5. The molecular formula is C45H32B5N3O2. The molecule has 0 fully saturated rings. The highest BCUT2D eigenvalue weighted by Crippen LogP contribution is 2.40. The van der Waals surface area contributed by atoms with Crippen LogP contribution in [0, 0.1) is 0 Å². The summed E-state index contributed by atoms with van der Waals surface area (Å²) in [6.45, 7) is 0. The van der Waals surface area contributed by atoms with Gasteiger partial charge in [-0.1, -0.05) is 114 Å². The topological polar surface area (TPSA) is 65.0 Å². The van der Waals surface area contributed by atoms with Gasteiger partial charge < -0.3 is 8.83 Å². The lowest BCUT2D eigenvalue weighted by molar-refractivity contribution is 0.668. The Labute approximate surface area is 322 Å². The fraction of sp³-hybridized carbons (Fsp3) is 0. The minimum Gasteiger partial charge on any atom is -0.456 e. The van der Waals surface area contributed by atoms with E-state index in [-0.39, 0.29) is 0 Å². The Morgan fingerprint density at radius 1 is 0.345 bits per heavy atom. The van der Waals surface area contributed by atoms with Crippen LogP contribution in [0.3, 0.4) is 0 Å². The summed E-state index contributed by atoms with van der Waals surface area (Å²) >= 11 is 0. The van der Waals surface area contributed by atoms with E-state index in [0.29, 0.717) is 17.5 Å². The van der Waals surface area contributed by atoms with E-state index in [0.717, 1.165) is 71.7 Å². The zero-order valence-electron chi connectivity index (χ0n) is 31.4. The number of hydrogen-bond acceptors (Lipinski definition) is 5. The van der Waals surface area contributed by atoms with Gasteiger partial charge in [-0.05, 0) is 52.6 Å². The van der Waals surface area contributed by atoms with Gasteiger partial charge in [0.05, 0.1) is 0 Å². The van der Waals surface area contributed by atoms with Gasteiger partial charge in [0.1, 0.15) is 61.6 Å². The van der Waals surface area contributed by atoms with Crippen molar-refractivity contribution in [2.24, 2.45) is 0 Å². The maximum Gasteiger partial charge on any atom is 0.164 e. The van der Waals surface area contributed by atoms with E-state index in [4.69, 9.17) is 23.8 Å². The van der Waals surface area contributed by atoms with Gasteiger partial charge in [0, 0.05) is 38.2 Å². The van der Waals surface area contributed by atoms with E-state index >= 15 is 0 Å². The Kier molecular flexibility index (Phi) is 7.70. The molecule has 10 heteroatoms. The summed E-state index contributed by atoms with van der Waals surface area (Å²) in [7, 11) is 11.2. The molecule has 0 aliphatic heterocycles. The first-order chi connectivity index (χ1) is 26.8. The molecule has 5 nitrogen and oxygen atoms in total. The summed E-state index contributed by atoms with van der Waals surface area (Å²) in [6, 6.07) is 45.7.